The monoisotopic (exact) mass is 445 g/mol. The van der Waals surface area contributed by atoms with Crippen molar-refractivity contribution in [2.24, 2.45) is 0 Å². The van der Waals surface area contributed by atoms with Crippen molar-refractivity contribution in [2.75, 3.05) is 5.32 Å². The van der Waals surface area contributed by atoms with Gasteiger partial charge < -0.3 is 5.32 Å². The van der Waals surface area contributed by atoms with Gasteiger partial charge in [-0.15, -0.1) is 0 Å². The number of hydrogen-bond donors (Lipinski definition) is 1. The molecule has 0 spiro atoms. The molecule has 0 aliphatic rings. The molecule has 6 nitrogen and oxygen atoms in total. The zero-order valence-corrected chi connectivity index (χ0v) is 15.4. The van der Waals surface area contributed by atoms with Crippen molar-refractivity contribution in [1.29, 1.82) is 0 Å². The van der Waals surface area contributed by atoms with Crippen LogP contribution in [0.1, 0.15) is 11.3 Å². The number of carbonyl (C=O) groups is 1. The molecule has 0 saturated heterocycles. The van der Waals surface area contributed by atoms with Crippen LogP contribution < -0.4 is 5.32 Å². The van der Waals surface area contributed by atoms with E-state index < -0.39 is 41.3 Å². The predicted molar refractivity (Wildman–Crippen MR) is 90.9 cm³/mol. The van der Waals surface area contributed by atoms with E-state index in [1.165, 1.54) is 17.1 Å². The van der Waals surface area contributed by atoms with Crippen molar-refractivity contribution in [1.82, 2.24) is 19.6 Å². The quantitative estimate of drug-likeness (QED) is 0.372. The van der Waals surface area contributed by atoms with Crippen molar-refractivity contribution >= 4 is 27.5 Å². The average Bonchev–Trinajstić information content (AvgIpc) is 3.18. The Balaban J connectivity index is 1.70. The Hall–Kier alpha value is -2.69. The van der Waals surface area contributed by atoms with Gasteiger partial charge in [-0.3, -0.25) is 14.2 Å². The third-order valence-corrected chi connectivity index (χ3v) is 4.56. The van der Waals surface area contributed by atoms with Crippen molar-refractivity contribution in [3.8, 4) is 0 Å². The summed E-state index contributed by atoms with van der Waals surface area (Å²) in [6.45, 7) is 1.26. The van der Waals surface area contributed by atoms with Crippen LogP contribution in [-0.4, -0.2) is 25.5 Å². The molecule has 27 heavy (non-hydrogen) atoms. The summed E-state index contributed by atoms with van der Waals surface area (Å²) in [4.78, 5) is 12.1. The topological polar surface area (TPSA) is 64.7 Å². The molecule has 0 aliphatic carbocycles. The molecule has 0 bridgehead atoms. The van der Waals surface area contributed by atoms with Crippen molar-refractivity contribution in [2.45, 2.75) is 20.0 Å². The largest absolute Gasteiger partial charge is 0.322 e. The number of nitrogens with one attached hydrogen (secondary N) is 1. The normalized spacial score (nSPS) is 11.0. The van der Waals surface area contributed by atoms with Crippen LogP contribution in [0, 0.1) is 30.2 Å². The van der Waals surface area contributed by atoms with E-state index in [0.29, 0.717) is 0 Å². The summed E-state index contributed by atoms with van der Waals surface area (Å²) in [6, 6.07) is 0.268. The van der Waals surface area contributed by atoms with E-state index in [1.54, 1.807) is 13.1 Å². The van der Waals surface area contributed by atoms with Gasteiger partial charge in [0.15, 0.2) is 17.5 Å². The fraction of sp³-hybridized carbons (Fsp3) is 0.188. The first-order valence-corrected chi connectivity index (χ1v) is 8.37. The Kier molecular flexibility index (Phi) is 5.31. The molecular formula is C16H12BrF4N5O. The molecule has 11 heteroatoms. The smallest absolute Gasteiger partial charge is 0.246 e. The summed E-state index contributed by atoms with van der Waals surface area (Å²) in [6.07, 6.45) is 4.13. The fourth-order valence-electron chi connectivity index (χ4n) is 2.35. The molecule has 3 rings (SSSR count). The molecule has 3 aromatic rings. The number of carbonyl (C=O) groups excluding carboxylic acids is 1. The Labute approximate surface area is 158 Å². The van der Waals surface area contributed by atoms with Gasteiger partial charge in [0, 0.05) is 17.8 Å². The minimum atomic E-state index is -1.76. The molecule has 0 saturated carbocycles. The first-order valence-electron chi connectivity index (χ1n) is 7.58. The molecule has 0 unspecified atom stereocenters. The van der Waals surface area contributed by atoms with Crippen LogP contribution in [0.5, 0.6) is 0 Å². The SMILES string of the molecule is Cc1c(Br)cnn1CC(=O)Nc1cnn(Cc2c(F)cc(F)c(F)c2F)c1. The maximum atomic E-state index is 13.7. The highest BCUT2D eigenvalue weighted by Crippen LogP contribution is 2.20. The first-order chi connectivity index (χ1) is 12.8. The van der Waals surface area contributed by atoms with Crippen LogP contribution in [-0.2, 0) is 17.9 Å². The second-order valence-corrected chi connectivity index (χ2v) is 6.51. The Morgan fingerprint density at radius 3 is 2.56 bits per heavy atom. The first kappa shape index (κ1) is 19.1. The lowest BCUT2D eigenvalue weighted by molar-refractivity contribution is -0.116. The highest BCUT2D eigenvalue weighted by molar-refractivity contribution is 9.10. The minimum absolute atomic E-state index is 0.0466. The number of anilines is 1. The molecule has 2 aromatic heterocycles. The maximum absolute atomic E-state index is 13.7. The van der Waals surface area contributed by atoms with Gasteiger partial charge in [-0.1, -0.05) is 0 Å². The zero-order chi connectivity index (χ0) is 19.7. The van der Waals surface area contributed by atoms with E-state index in [9.17, 15) is 22.4 Å². The molecule has 2 heterocycles. The molecule has 1 amide bonds. The zero-order valence-electron chi connectivity index (χ0n) is 13.8. The van der Waals surface area contributed by atoms with Gasteiger partial charge in [0.1, 0.15) is 12.4 Å². The summed E-state index contributed by atoms with van der Waals surface area (Å²) >= 11 is 3.29. The van der Waals surface area contributed by atoms with Crippen LogP contribution in [0.4, 0.5) is 23.2 Å². The van der Waals surface area contributed by atoms with Gasteiger partial charge in [-0.2, -0.15) is 10.2 Å². The molecule has 1 N–H and O–H groups in total. The third-order valence-electron chi connectivity index (χ3n) is 3.78. The molecule has 0 aliphatic heterocycles. The molecule has 0 fully saturated rings. The number of amides is 1. The number of benzene rings is 1. The summed E-state index contributed by atoms with van der Waals surface area (Å²) in [5.74, 6) is -6.60. The predicted octanol–water partition coefficient (Wildman–Crippen LogP) is 3.39. The van der Waals surface area contributed by atoms with Crippen LogP contribution in [0.25, 0.3) is 0 Å². The van der Waals surface area contributed by atoms with Crippen LogP contribution in [0.15, 0.2) is 29.1 Å². The molecule has 1 aromatic carbocycles. The number of halogens is 5. The fourth-order valence-corrected chi connectivity index (χ4v) is 2.64. The Morgan fingerprint density at radius 2 is 1.89 bits per heavy atom. The van der Waals surface area contributed by atoms with Gasteiger partial charge in [-0.25, -0.2) is 17.6 Å². The van der Waals surface area contributed by atoms with E-state index in [-0.39, 0.29) is 18.3 Å². The lowest BCUT2D eigenvalue weighted by Crippen LogP contribution is -2.20. The molecular weight excluding hydrogens is 434 g/mol. The van der Waals surface area contributed by atoms with Gasteiger partial charge >= 0.3 is 0 Å². The Morgan fingerprint density at radius 1 is 1.15 bits per heavy atom. The minimum Gasteiger partial charge on any atom is -0.322 e. The lowest BCUT2D eigenvalue weighted by Gasteiger charge is -2.07. The number of rotatable bonds is 5. The maximum Gasteiger partial charge on any atom is 0.246 e. The van der Waals surface area contributed by atoms with Crippen molar-refractivity contribution in [3.05, 3.63) is 63.7 Å². The number of aromatic nitrogens is 4. The lowest BCUT2D eigenvalue weighted by atomic mass is 10.2. The van der Waals surface area contributed by atoms with E-state index in [4.69, 9.17) is 0 Å². The second kappa shape index (κ2) is 7.51. The van der Waals surface area contributed by atoms with Gasteiger partial charge in [0.25, 0.3) is 0 Å². The standard InChI is InChI=1S/C16H12BrF4N5O/c1-8-11(17)4-23-26(8)7-14(27)24-9-3-22-25(5-9)6-10-12(18)2-13(19)16(21)15(10)20/h2-5H,6-7H2,1H3,(H,24,27). The number of hydrogen-bond acceptors (Lipinski definition) is 3. The van der Waals surface area contributed by atoms with Gasteiger partial charge in [0.2, 0.25) is 5.91 Å². The number of nitrogens with zero attached hydrogens (tertiary/aromatic N) is 4. The van der Waals surface area contributed by atoms with E-state index >= 15 is 0 Å². The summed E-state index contributed by atoms with van der Waals surface area (Å²) in [5, 5.41) is 10.4. The third kappa shape index (κ3) is 4.02. The molecule has 0 radical (unpaired) electrons. The summed E-state index contributed by atoms with van der Waals surface area (Å²) in [5.41, 5.74) is 0.365. The summed E-state index contributed by atoms with van der Waals surface area (Å²) < 4.78 is 57.0. The van der Waals surface area contributed by atoms with E-state index in [2.05, 4.69) is 31.4 Å². The second-order valence-electron chi connectivity index (χ2n) is 5.66. The van der Waals surface area contributed by atoms with Crippen LogP contribution >= 0.6 is 15.9 Å². The van der Waals surface area contributed by atoms with Crippen molar-refractivity contribution in [3.63, 3.8) is 0 Å². The van der Waals surface area contributed by atoms with E-state index in [0.717, 1.165) is 14.8 Å². The summed E-state index contributed by atoms with van der Waals surface area (Å²) in [7, 11) is 0. The average molecular weight is 446 g/mol. The highest BCUT2D eigenvalue weighted by Gasteiger charge is 2.19. The molecule has 0 atom stereocenters. The molecule has 142 valence electrons. The van der Waals surface area contributed by atoms with Gasteiger partial charge in [-0.05, 0) is 22.9 Å². The van der Waals surface area contributed by atoms with Crippen LogP contribution in [0.2, 0.25) is 0 Å². The van der Waals surface area contributed by atoms with Crippen molar-refractivity contribution < 1.29 is 22.4 Å². The Bertz CT molecular complexity index is 1020. The van der Waals surface area contributed by atoms with E-state index in [1.807, 2.05) is 0 Å². The highest BCUT2D eigenvalue weighted by atomic mass is 79.9. The van der Waals surface area contributed by atoms with Crippen LogP contribution in [0.3, 0.4) is 0 Å². The van der Waals surface area contributed by atoms with Gasteiger partial charge in [0.05, 0.1) is 34.8 Å².